The topological polar surface area (TPSA) is 35.2 Å². The smallest absolute Gasteiger partial charge is 0.122 e. The van der Waals surface area contributed by atoms with Crippen molar-refractivity contribution in [2.45, 2.75) is 38.6 Å². The molecule has 1 aliphatic rings. The molecule has 88 valence electrons. The molecule has 2 nitrogen and oxygen atoms in total. The van der Waals surface area contributed by atoms with Crippen molar-refractivity contribution in [3.63, 3.8) is 0 Å². The first-order valence-corrected chi connectivity index (χ1v) is 6.56. The zero-order chi connectivity index (χ0) is 11.7. The minimum absolute atomic E-state index is 0.140. The number of rotatable bonds is 1. The molecule has 0 bridgehead atoms. The fourth-order valence-corrected chi connectivity index (χ4v) is 3.11. The fraction of sp³-hybridized carbons (Fsp3) is 0.538. The molecule has 0 unspecified atom stereocenters. The highest BCUT2D eigenvalue weighted by Gasteiger charge is 2.22. The third-order valence-corrected chi connectivity index (χ3v) is 4.39. The first-order valence-electron chi connectivity index (χ1n) is 5.76. The third-order valence-electron chi connectivity index (χ3n) is 3.34. The first kappa shape index (κ1) is 11.9. The van der Waals surface area contributed by atoms with Gasteiger partial charge in [-0.2, -0.15) is 0 Å². The van der Waals surface area contributed by atoms with Crippen LogP contribution in [-0.4, -0.2) is 7.11 Å². The number of nitrogens with two attached hydrogens (primary N) is 1. The van der Waals surface area contributed by atoms with Gasteiger partial charge in [0.25, 0.3) is 0 Å². The average Bonchev–Trinajstić information content (AvgIpc) is 2.46. The van der Waals surface area contributed by atoms with Crippen molar-refractivity contribution in [3.8, 4) is 5.75 Å². The largest absolute Gasteiger partial charge is 0.496 e. The van der Waals surface area contributed by atoms with E-state index in [1.807, 2.05) is 0 Å². The Balaban J connectivity index is 2.63. The predicted molar refractivity (Wildman–Crippen MR) is 69.9 cm³/mol. The Kier molecular flexibility index (Phi) is 3.55. The highest BCUT2D eigenvalue weighted by Crippen LogP contribution is 2.39. The van der Waals surface area contributed by atoms with Gasteiger partial charge in [-0.05, 0) is 43.4 Å². The Bertz CT molecular complexity index is 403. The van der Waals surface area contributed by atoms with Crippen molar-refractivity contribution in [2.24, 2.45) is 5.73 Å². The molecule has 0 fully saturated rings. The van der Waals surface area contributed by atoms with Crippen LogP contribution in [0.4, 0.5) is 0 Å². The second-order valence-corrected chi connectivity index (χ2v) is 5.25. The number of hydrogen-bond donors (Lipinski definition) is 1. The Hall–Kier alpha value is -0.540. The van der Waals surface area contributed by atoms with Crippen molar-refractivity contribution in [1.29, 1.82) is 0 Å². The molecule has 0 aliphatic heterocycles. The maximum Gasteiger partial charge on any atom is 0.122 e. The lowest BCUT2D eigenvalue weighted by Crippen LogP contribution is -2.12. The van der Waals surface area contributed by atoms with Gasteiger partial charge in [-0.1, -0.05) is 22.4 Å². The molecule has 2 N–H and O–H groups in total. The van der Waals surface area contributed by atoms with Crippen LogP contribution in [0.25, 0.3) is 0 Å². The molecular weight excluding hydrogens is 266 g/mol. The van der Waals surface area contributed by atoms with Crippen LogP contribution in [0.15, 0.2) is 10.5 Å². The Morgan fingerprint density at radius 3 is 2.88 bits per heavy atom. The van der Waals surface area contributed by atoms with Gasteiger partial charge in [0.2, 0.25) is 0 Å². The normalized spacial score (nSPS) is 20.1. The fourth-order valence-electron chi connectivity index (χ4n) is 2.46. The summed E-state index contributed by atoms with van der Waals surface area (Å²) < 4.78 is 6.64. The van der Waals surface area contributed by atoms with E-state index in [0.29, 0.717) is 0 Å². The summed E-state index contributed by atoms with van der Waals surface area (Å²) in [5.74, 6) is 0.994. The van der Waals surface area contributed by atoms with Gasteiger partial charge in [0.15, 0.2) is 0 Å². The lowest BCUT2D eigenvalue weighted by molar-refractivity contribution is 0.408. The molecule has 1 aromatic carbocycles. The molecule has 0 aromatic heterocycles. The van der Waals surface area contributed by atoms with E-state index < -0.39 is 0 Å². The van der Waals surface area contributed by atoms with Crippen molar-refractivity contribution < 1.29 is 4.74 Å². The monoisotopic (exact) mass is 283 g/mol. The van der Waals surface area contributed by atoms with Gasteiger partial charge >= 0.3 is 0 Å². The summed E-state index contributed by atoms with van der Waals surface area (Å²) in [6.07, 6.45) is 4.54. The third kappa shape index (κ3) is 1.98. The number of methoxy groups -OCH3 is 1. The summed E-state index contributed by atoms with van der Waals surface area (Å²) in [5.41, 5.74) is 10.0. The van der Waals surface area contributed by atoms with E-state index in [1.165, 1.54) is 29.5 Å². The van der Waals surface area contributed by atoms with E-state index in [1.54, 1.807) is 7.11 Å². The van der Waals surface area contributed by atoms with Crippen LogP contribution in [0.3, 0.4) is 0 Å². The number of aryl methyl sites for hydroxylation is 1. The number of benzene rings is 1. The Labute approximate surface area is 105 Å². The van der Waals surface area contributed by atoms with Gasteiger partial charge in [0.1, 0.15) is 5.75 Å². The molecule has 0 saturated heterocycles. The first-order chi connectivity index (χ1) is 7.65. The SMILES string of the molecule is COc1cc(C)c(Br)c2c1CCCC[C@H]2N. The zero-order valence-corrected chi connectivity index (χ0v) is 11.4. The van der Waals surface area contributed by atoms with Crippen molar-refractivity contribution in [1.82, 2.24) is 0 Å². The second kappa shape index (κ2) is 4.76. The minimum Gasteiger partial charge on any atom is -0.496 e. The van der Waals surface area contributed by atoms with E-state index in [-0.39, 0.29) is 6.04 Å². The van der Waals surface area contributed by atoms with Gasteiger partial charge in [-0.3, -0.25) is 0 Å². The van der Waals surface area contributed by atoms with Gasteiger partial charge in [0, 0.05) is 16.1 Å². The van der Waals surface area contributed by atoms with E-state index in [9.17, 15) is 0 Å². The summed E-state index contributed by atoms with van der Waals surface area (Å²) >= 11 is 3.67. The van der Waals surface area contributed by atoms with Crippen LogP contribution in [-0.2, 0) is 6.42 Å². The van der Waals surface area contributed by atoms with Crippen molar-refractivity contribution in [2.75, 3.05) is 7.11 Å². The van der Waals surface area contributed by atoms with Crippen LogP contribution in [0.1, 0.15) is 42.0 Å². The van der Waals surface area contributed by atoms with Crippen LogP contribution >= 0.6 is 15.9 Å². The van der Waals surface area contributed by atoms with Gasteiger partial charge < -0.3 is 10.5 Å². The molecule has 2 rings (SSSR count). The lowest BCUT2D eigenvalue weighted by atomic mass is 9.96. The summed E-state index contributed by atoms with van der Waals surface area (Å²) in [4.78, 5) is 0. The maximum atomic E-state index is 6.25. The van der Waals surface area contributed by atoms with Crippen molar-refractivity contribution >= 4 is 15.9 Å². The molecule has 3 heteroatoms. The summed E-state index contributed by atoms with van der Waals surface area (Å²) in [6, 6.07) is 2.24. The quantitative estimate of drug-likeness (QED) is 0.801. The van der Waals surface area contributed by atoms with Crippen LogP contribution in [0, 0.1) is 6.92 Å². The molecule has 16 heavy (non-hydrogen) atoms. The van der Waals surface area contributed by atoms with Crippen LogP contribution in [0.5, 0.6) is 5.75 Å². The highest BCUT2D eigenvalue weighted by molar-refractivity contribution is 9.10. The van der Waals surface area contributed by atoms with Gasteiger partial charge in [0.05, 0.1) is 7.11 Å². The zero-order valence-electron chi connectivity index (χ0n) is 9.85. The number of fused-ring (bicyclic) bond motifs is 1. The average molecular weight is 284 g/mol. The van der Waals surface area contributed by atoms with E-state index in [2.05, 4.69) is 28.9 Å². The second-order valence-electron chi connectivity index (χ2n) is 4.45. The highest BCUT2D eigenvalue weighted by atomic mass is 79.9. The minimum atomic E-state index is 0.140. The molecule has 1 aliphatic carbocycles. The molecule has 0 heterocycles. The van der Waals surface area contributed by atoms with E-state index in [4.69, 9.17) is 10.5 Å². The summed E-state index contributed by atoms with van der Waals surface area (Å²) in [5, 5.41) is 0. The van der Waals surface area contributed by atoms with E-state index >= 15 is 0 Å². The molecule has 0 amide bonds. The van der Waals surface area contributed by atoms with Gasteiger partial charge in [-0.25, -0.2) is 0 Å². The Morgan fingerprint density at radius 2 is 2.19 bits per heavy atom. The molecule has 1 aromatic rings. The lowest BCUT2D eigenvalue weighted by Gasteiger charge is -2.19. The molecule has 0 saturated carbocycles. The van der Waals surface area contributed by atoms with Crippen LogP contribution < -0.4 is 10.5 Å². The standard InChI is InChI=1S/C13H18BrNO/c1-8-7-11(16-2)9-5-3-4-6-10(15)12(9)13(8)14/h7,10H,3-6,15H2,1-2H3/t10-/m1/s1. The molecule has 0 radical (unpaired) electrons. The van der Waals surface area contributed by atoms with Crippen LogP contribution in [0.2, 0.25) is 0 Å². The number of ether oxygens (including phenoxy) is 1. The van der Waals surface area contributed by atoms with Crippen molar-refractivity contribution in [3.05, 3.63) is 27.2 Å². The van der Waals surface area contributed by atoms with Gasteiger partial charge in [-0.15, -0.1) is 0 Å². The predicted octanol–water partition coefficient (Wildman–Crippen LogP) is 3.49. The Morgan fingerprint density at radius 1 is 1.44 bits per heavy atom. The van der Waals surface area contributed by atoms with E-state index in [0.717, 1.165) is 23.1 Å². The summed E-state index contributed by atoms with van der Waals surface area (Å²) in [7, 11) is 1.74. The number of halogens is 1. The maximum absolute atomic E-state index is 6.25. The number of hydrogen-bond acceptors (Lipinski definition) is 2. The molecular formula is C13H18BrNO. The molecule has 0 spiro atoms. The summed E-state index contributed by atoms with van der Waals surface area (Å²) in [6.45, 7) is 2.09. The molecule has 1 atom stereocenters.